The highest BCUT2D eigenvalue weighted by molar-refractivity contribution is 5.79. The minimum Gasteiger partial charge on any atom is -0.492 e. The molecule has 0 fully saturated rings. The standard InChI is InChI=1S/C10H17NO5/c1-13-6-8-10(15-3)9(14-2)7(4-11-12)5-16-8/h4-5,8-10,12H,6H2,1-3H3/t8-,9-,10+/m1/s1. The summed E-state index contributed by atoms with van der Waals surface area (Å²) in [6.45, 7) is 0.401. The number of nitrogens with zero attached hydrogens (tertiary/aromatic N) is 1. The van der Waals surface area contributed by atoms with Gasteiger partial charge in [-0.3, -0.25) is 0 Å². The maximum absolute atomic E-state index is 8.51. The van der Waals surface area contributed by atoms with Crippen LogP contribution in [0.3, 0.4) is 0 Å². The van der Waals surface area contributed by atoms with Crippen LogP contribution in [0.25, 0.3) is 0 Å². The topological polar surface area (TPSA) is 69.5 Å². The molecule has 0 aromatic heterocycles. The molecule has 6 heteroatoms. The lowest BCUT2D eigenvalue weighted by Gasteiger charge is -2.34. The van der Waals surface area contributed by atoms with Crippen molar-refractivity contribution in [3.05, 3.63) is 11.8 Å². The molecule has 3 atom stereocenters. The molecule has 6 nitrogen and oxygen atoms in total. The molecule has 1 aliphatic heterocycles. The van der Waals surface area contributed by atoms with Crippen LogP contribution in [0.1, 0.15) is 0 Å². The maximum Gasteiger partial charge on any atom is 0.150 e. The van der Waals surface area contributed by atoms with Crippen molar-refractivity contribution in [3.8, 4) is 0 Å². The van der Waals surface area contributed by atoms with Crippen molar-refractivity contribution in [3.63, 3.8) is 0 Å². The summed E-state index contributed by atoms with van der Waals surface area (Å²) in [4.78, 5) is 0. The maximum atomic E-state index is 8.51. The van der Waals surface area contributed by atoms with Gasteiger partial charge in [0, 0.05) is 26.9 Å². The van der Waals surface area contributed by atoms with Gasteiger partial charge >= 0.3 is 0 Å². The van der Waals surface area contributed by atoms with Crippen LogP contribution in [0.15, 0.2) is 17.0 Å². The predicted molar refractivity (Wildman–Crippen MR) is 56.7 cm³/mol. The fourth-order valence-corrected chi connectivity index (χ4v) is 1.71. The Hall–Kier alpha value is -1.11. The highest BCUT2D eigenvalue weighted by Gasteiger charge is 2.36. The van der Waals surface area contributed by atoms with E-state index in [1.165, 1.54) is 12.5 Å². The second-order valence-corrected chi connectivity index (χ2v) is 3.35. The smallest absolute Gasteiger partial charge is 0.150 e. The molecule has 0 saturated heterocycles. The van der Waals surface area contributed by atoms with Gasteiger partial charge in [0.05, 0.1) is 19.1 Å². The Kier molecular flexibility index (Phi) is 5.24. The largest absolute Gasteiger partial charge is 0.492 e. The summed E-state index contributed by atoms with van der Waals surface area (Å²) in [5.74, 6) is 0. The Labute approximate surface area is 94.4 Å². The molecular weight excluding hydrogens is 214 g/mol. The minimum absolute atomic E-state index is 0.240. The van der Waals surface area contributed by atoms with Crippen LogP contribution in [0.5, 0.6) is 0 Å². The Morgan fingerprint density at radius 2 is 2.19 bits per heavy atom. The zero-order chi connectivity index (χ0) is 12.0. The van der Waals surface area contributed by atoms with Crippen molar-refractivity contribution in [2.75, 3.05) is 27.9 Å². The number of hydrogen-bond acceptors (Lipinski definition) is 6. The van der Waals surface area contributed by atoms with E-state index >= 15 is 0 Å². The minimum atomic E-state index is -0.338. The number of oxime groups is 1. The van der Waals surface area contributed by atoms with E-state index in [0.717, 1.165) is 0 Å². The summed E-state index contributed by atoms with van der Waals surface area (Å²) in [6.07, 6.45) is 1.88. The van der Waals surface area contributed by atoms with Gasteiger partial charge in [0.15, 0.2) is 0 Å². The third kappa shape index (κ3) is 2.72. The molecule has 0 unspecified atom stereocenters. The van der Waals surface area contributed by atoms with E-state index in [0.29, 0.717) is 12.2 Å². The Balaban J connectivity index is 2.85. The number of ether oxygens (including phenoxy) is 4. The van der Waals surface area contributed by atoms with Crippen molar-refractivity contribution in [1.82, 2.24) is 0 Å². The molecular formula is C10H17NO5. The zero-order valence-corrected chi connectivity index (χ0v) is 9.62. The van der Waals surface area contributed by atoms with Crippen molar-refractivity contribution in [2.24, 2.45) is 5.16 Å². The summed E-state index contributed by atoms with van der Waals surface area (Å²) < 4.78 is 21.1. The fraction of sp³-hybridized carbons (Fsp3) is 0.700. The molecule has 92 valence electrons. The van der Waals surface area contributed by atoms with Crippen LogP contribution in [0, 0.1) is 0 Å². The quantitative estimate of drug-likeness (QED) is 0.421. The van der Waals surface area contributed by atoms with Gasteiger partial charge in [-0.1, -0.05) is 5.16 Å². The fourth-order valence-electron chi connectivity index (χ4n) is 1.71. The Bertz CT molecular complexity index is 266. The third-order valence-electron chi connectivity index (χ3n) is 2.44. The molecule has 16 heavy (non-hydrogen) atoms. The lowest BCUT2D eigenvalue weighted by molar-refractivity contribution is -0.116. The lowest BCUT2D eigenvalue weighted by atomic mass is 9.99. The van der Waals surface area contributed by atoms with E-state index in [-0.39, 0.29) is 18.3 Å². The summed E-state index contributed by atoms with van der Waals surface area (Å²) in [6, 6.07) is 0. The van der Waals surface area contributed by atoms with Gasteiger partial charge in [0.25, 0.3) is 0 Å². The normalized spacial score (nSPS) is 30.2. The third-order valence-corrected chi connectivity index (χ3v) is 2.44. The summed E-state index contributed by atoms with van der Waals surface area (Å²) in [5.41, 5.74) is 0.615. The first-order valence-corrected chi connectivity index (χ1v) is 4.86. The van der Waals surface area contributed by atoms with Crippen molar-refractivity contribution in [2.45, 2.75) is 18.3 Å². The van der Waals surface area contributed by atoms with Gasteiger partial charge in [-0.2, -0.15) is 0 Å². The van der Waals surface area contributed by atoms with Crippen LogP contribution >= 0.6 is 0 Å². The molecule has 0 saturated carbocycles. The molecule has 1 rings (SSSR count). The Morgan fingerprint density at radius 1 is 1.44 bits per heavy atom. The SMILES string of the molecule is COC[C@H]1OC=C(C=NO)[C@@H](OC)[C@H]1OC. The van der Waals surface area contributed by atoms with E-state index in [4.69, 9.17) is 24.2 Å². The van der Waals surface area contributed by atoms with Gasteiger partial charge < -0.3 is 24.2 Å². The molecule has 0 amide bonds. The molecule has 0 aliphatic carbocycles. The van der Waals surface area contributed by atoms with Gasteiger partial charge in [0.2, 0.25) is 0 Å². The average molecular weight is 231 g/mol. The predicted octanol–water partition coefficient (Wildman–Crippen LogP) is 0.405. The zero-order valence-electron chi connectivity index (χ0n) is 9.62. The van der Waals surface area contributed by atoms with Crippen LogP contribution in [0.4, 0.5) is 0 Å². The molecule has 0 aromatic rings. The van der Waals surface area contributed by atoms with E-state index < -0.39 is 0 Å². The van der Waals surface area contributed by atoms with Crippen LogP contribution < -0.4 is 0 Å². The number of hydrogen-bond donors (Lipinski definition) is 1. The molecule has 0 aromatic carbocycles. The first-order chi connectivity index (χ1) is 7.78. The monoisotopic (exact) mass is 231 g/mol. The van der Waals surface area contributed by atoms with E-state index in [1.807, 2.05) is 0 Å². The second kappa shape index (κ2) is 6.47. The van der Waals surface area contributed by atoms with Crippen LogP contribution in [-0.2, 0) is 18.9 Å². The lowest BCUT2D eigenvalue weighted by Crippen LogP contribution is -2.47. The van der Waals surface area contributed by atoms with Gasteiger partial charge in [-0.05, 0) is 0 Å². The van der Waals surface area contributed by atoms with Crippen LogP contribution in [0.2, 0.25) is 0 Å². The van der Waals surface area contributed by atoms with Gasteiger partial charge in [-0.25, -0.2) is 0 Å². The van der Waals surface area contributed by atoms with Crippen molar-refractivity contribution >= 4 is 6.21 Å². The average Bonchev–Trinajstić information content (AvgIpc) is 2.31. The molecule has 1 aliphatic rings. The van der Waals surface area contributed by atoms with Gasteiger partial charge in [0.1, 0.15) is 18.3 Å². The summed E-state index contributed by atoms with van der Waals surface area (Å²) in [7, 11) is 4.72. The molecule has 0 spiro atoms. The first kappa shape index (κ1) is 13.0. The van der Waals surface area contributed by atoms with Crippen molar-refractivity contribution in [1.29, 1.82) is 0 Å². The Morgan fingerprint density at radius 3 is 2.69 bits per heavy atom. The molecule has 0 radical (unpaired) electrons. The second-order valence-electron chi connectivity index (χ2n) is 3.35. The van der Waals surface area contributed by atoms with Gasteiger partial charge in [-0.15, -0.1) is 0 Å². The van der Waals surface area contributed by atoms with E-state index in [1.54, 1.807) is 21.3 Å². The first-order valence-electron chi connectivity index (χ1n) is 4.86. The van der Waals surface area contributed by atoms with Crippen LogP contribution in [-0.4, -0.2) is 57.7 Å². The molecule has 0 bridgehead atoms. The van der Waals surface area contributed by atoms with E-state index in [2.05, 4.69) is 5.16 Å². The molecule has 1 N–H and O–H groups in total. The van der Waals surface area contributed by atoms with Crippen molar-refractivity contribution < 1.29 is 24.2 Å². The highest BCUT2D eigenvalue weighted by Crippen LogP contribution is 2.23. The summed E-state index contributed by atoms with van der Waals surface area (Å²) >= 11 is 0. The highest BCUT2D eigenvalue weighted by atomic mass is 16.6. The van der Waals surface area contributed by atoms with E-state index in [9.17, 15) is 0 Å². The number of methoxy groups -OCH3 is 3. The molecule has 1 heterocycles. The summed E-state index contributed by atoms with van der Waals surface area (Å²) in [5, 5.41) is 11.5. The number of rotatable bonds is 5.